The van der Waals surface area contributed by atoms with E-state index in [9.17, 15) is 0 Å². The van der Waals surface area contributed by atoms with Crippen LogP contribution in [0.5, 0.6) is 0 Å². The third-order valence-corrected chi connectivity index (χ3v) is 4.21. The molecule has 1 N–H and O–H groups in total. The summed E-state index contributed by atoms with van der Waals surface area (Å²) in [5.41, 5.74) is 4.68. The van der Waals surface area contributed by atoms with Crippen molar-refractivity contribution in [3.05, 3.63) is 36.9 Å². The van der Waals surface area contributed by atoms with Crippen LogP contribution in [0.25, 0.3) is 16.6 Å². The molecule has 0 atom stereocenters. The molecule has 6 heteroatoms. The van der Waals surface area contributed by atoms with E-state index in [-0.39, 0.29) is 0 Å². The molecule has 0 aromatic carbocycles. The zero-order valence-corrected chi connectivity index (χ0v) is 12.7. The fraction of sp³-hybridized carbons (Fsp3) is 0.375. The Kier molecular flexibility index (Phi) is 3.31. The topological polar surface area (TPSA) is 50.4 Å². The summed E-state index contributed by atoms with van der Waals surface area (Å²) in [5.74, 6) is 0. The zero-order chi connectivity index (χ0) is 14.9. The van der Waals surface area contributed by atoms with Gasteiger partial charge in [-0.1, -0.05) is 0 Å². The molecule has 4 heterocycles. The molecular formula is C16H20N6. The minimum Gasteiger partial charge on any atom is -0.368 e. The Labute approximate surface area is 129 Å². The lowest BCUT2D eigenvalue weighted by molar-refractivity contribution is 0.724. The summed E-state index contributed by atoms with van der Waals surface area (Å²) in [5, 5.41) is 12.2. The smallest absolute Gasteiger partial charge is 0.0895 e. The van der Waals surface area contributed by atoms with Crippen LogP contribution < -0.4 is 10.2 Å². The lowest BCUT2D eigenvalue weighted by Gasteiger charge is -2.23. The van der Waals surface area contributed by atoms with Crippen molar-refractivity contribution < 1.29 is 0 Å². The Morgan fingerprint density at radius 3 is 2.91 bits per heavy atom. The van der Waals surface area contributed by atoms with Gasteiger partial charge in [0.05, 0.1) is 23.6 Å². The number of aryl methyl sites for hydroxylation is 1. The molecule has 1 aliphatic rings. The van der Waals surface area contributed by atoms with Gasteiger partial charge in [0.1, 0.15) is 0 Å². The number of hydrogen-bond donors (Lipinski definition) is 1. The van der Waals surface area contributed by atoms with Crippen LogP contribution in [0, 0.1) is 0 Å². The minimum atomic E-state index is 1.03. The molecule has 4 rings (SSSR count). The second kappa shape index (κ2) is 5.46. The number of pyridine rings is 1. The van der Waals surface area contributed by atoms with Crippen LogP contribution >= 0.6 is 0 Å². The molecule has 0 amide bonds. The highest BCUT2D eigenvalue weighted by Crippen LogP contribution is 2.29. The van der Waals surface area contributed by atoms with E-state index < -0.39 is 0 Å². The van der Waals surface area contributed by atoms with Crippen LogP contribution in [0.4, 0.5) is 5.69 Å². The molecule has 1 aliphatic heterocycles. The summed E-state index contributed by atoms with van der Waals surface area (Å²) in [6, 6.07) is 4.35. The predicted molar refractivity (Wildman–Crippen MR) is 87.1 cm³/mol. The maximum absolute atomic E-state index is 4.44. The summed E-state index contributed by atoms with van der Waals surface area (Å²) in [6.07, 6.45) is 9.04. The second-order valence-corrected chi connectivity index (χ2v) is 5.77. The molecule has 0 unspecified atom stereocenters. The fourth-order valence-corrected chi connectivity index (χ4v) is 3.08. The zero-order valence-electron chi connectivity index (χ0n) is 12.7. The van der Waals surface area contributed by atoms with Gasteiger partial charge in [-0.2, -0.15) is 10.2 Å². The Morgan fingerprint density at radius 2 is 2.05 bits per heavy atom. The maximum atomic E-state index is 4.44. The lowest BCUT2D eigenvalue weighted by atomic mass is 10.1. The van der Waals surface area contributed by atoms with E-state index in [2.05, 4.69) is 38.7 Å². The largest absolute Gasteiger partial charge is 0.368 e. The quantitative estimate of drug-likeness (QED) is 0.779. The van der Waals surface area contributed by atoms with Gasteiger partial charge in [-0.15, -0.1) is 0 Å². The maximum Gasteiger partial charge on any atom is 0.0895 e. The molecule has 0 spiro atoms. The number of rotatable bonds is 2. The third-order valence-electron chi connectivity index (χ3n) is 4.21. The third kappa shape index (κ3) is 2.35. The summed E-state index contributed by atoms with van der Waals surface area (Å²) < 4.78 is 3.80. The van der Waals surface area contributed by atoms with E-state index in [0.717, 1.165) is 49.2 Å². The Bertz CT molecular complexity index is 779. The number of aromatic nitrogens is 4. The molecule has 0 radical (unpaired) electrons. The SMILES string of the molecule is Cn1cc(-c2cc(N3CCCNCC3)c3ccnn3c2)cn1. The van der Waals surface area contributed by atoms with Gasteiger partial charge in [0.15, 0.2) is 0 Å². The first-order valence-electron chi connectivity index (χ1n) is 7.73. The van der Waals surface area contributed by atoms with Gasteiger partial charge < -0.3 is 10.2 Å². The van der Waals surface area contributed by atoms with Crippen molar-refractivity contribution in [1.82, 2.24) is 24.7 Å². The van der Waals surface area contributed by atoms with Gasteiger partial charge >= 0.3 is 0 Å². The fourth-order valence-electron chi connectivity index (χ4n) is 3.08. The molecule has 3 aromatic rings. The van der Waals surface area contributed by atoms with Crippen LogP contribution in [-0.4, -0.2) is 45.6 Å². The van der Waals surface area contributed by atoms with Gasteiger partial charge in [-0.05, 0) is 25.1 Å². The average Bonchev–Trinajstić information content (AvgIpc) is 3.08. The summed E-state index contributed by atoms with van der Waals surface area (Å²) >= 11 is 0. The predicted octanol–water partition coefficient (Wildman–Crippen LogP) is 1.53. The highest BCUT2D eigenvalue weighted by molar-refractivity contribution is 5.79. The summed E-state index contributed by atoms with van der Waals surface area (Å²) in [4.78, 5) is 2.46. The molecule has 0 bridgehead atoms. The van der Waals surface area contributed by atoms with Crippen molar-refractivity contribution in [1.29, 1.82) is 0 Å². The van der Waals surface area contributed by atoms with E-state index in [0.29, 0.717) is 0 Å². The van der Waals surface area contributed by atoms with Crippen LogP contribution in [0.1, 0.15) is 6.42 Å². The Morgan fingerprint density at radius 1 is 1.09 bits per heavy atom. The molecule has 3 aromatic heterocycles. The first-order valence-corrected chi connectivity index (χ1v) is 7.73. The monoisotopic (exact) mass is 296 g/mol. The van der Waals surface area contributed by atoms with E-state index in [1.54, 1.807) is 0 Å². The molecule has 0 aliphatic carbocycles. The molecule has 114 valence electrons. The average molecular weight is 296 g/mol. The Hall–Kier alpha value is -2.34. The molecule has 1 fully saturated rings. The molecule has 6 nitrogen and oxygen atoms in total. The van der Waals surface area contributed by atoms with Crippen molar-refractivity contribution in [2.24, 2.45) is 7.05 Å². The van der Waals surface area contributed by atoms with E-state index in [1.807, 2.05) is 34.8 Å². The highest BCUT2D eigenvalue weighted by Gasteiger charge is 2.15. The number of fused-ring (bicyclic) bond motifs is 1. The first-order chi connectivity index (χ1) is 10.8. The second-order valence-electron chi connectivity index (χ2n) is 5.77. The lowest BCUT2D eigenvalue weighted by Crippen LogP contribution is -2.28. The van der Waals surface area contributed by atoms with Crippen LogP contribution in [-0.2, 0) is 7.05 Å². The highest BCUT2D eigenvalue weighted by atomic mass is 15.2. The van der Waals surface area contributed by atoms with Gasteiger partial charge in [0.25, 0.3) is 0 Å². The normalized spacial score (nSPS) is 16.1. The van der Waals surface area contributed by atoms with Crippen LogP contribution in [0.3, 0.4) is 0 Å². The van der Waals surface area contributed by atoms with Crippen molar-refractivity contribution in [3.8, 4) is 11.1 Å². The van der Waals surface area contributed by atoms with Crippen LogP contribution in [0.15, 0.2) is 36.9 Å². The number of anilines is 1. The number of hydrogen-bond acceptors (Lipinski definition) is 4. The van der Waals surface area contributed by atoms with Gasteiger partial charge in [0, 0.05) is 50.2 Å². The number of nitrogens with one attached hydrogen (secondary N) is 1. The van der Waals surface area contributed by atoms with Crippen molar-refractivity contribution in [2.75, 3.05) is 31.1 Å². The van der Waals surface area contributed by atoms with E-state index in [4.69, 9.17) is 0 Å². The molecule has 1 saturated heterocycles. The summed E-state index contributed by atoms with van der Waals surface area (Å²) in [7, 11) is 1.94. The van der Waals surface area contributed by atoms with Gasteiger partial charge in [-0.3, -0.25) is 4.68 Å². The van der Waals surface area contributed by atoms with E-state index >= 15 is 0 Å². The molecule has 22 heavy (non-hydrogen) atoms. The van der Waals surface area contributed by atoms with E-state index in [1.165, 1.54) is 5.69 Å². The van der Waals surface area contributed by atoms with Gasteiger partial charge in [-0.25, -0.2) is 4.52 Å². The molecule has 0 saturated carbocycles. The van der Waals surface area contributed by atoms with Crippen LogP contribution in [0.2, 0.25) is 0 Å². The minimum absolute atomic E-state index is 1.03. The standard InChI is InChI=1S/C16H20N6/c1-20-11-14(10-19-20)13-9-16(15-3-5-18-22(15)12-13)21-7-2-4-17-6-8-21/h3,5,9-12,17H,2,4,6-8H2,1H3. The Balaban J connectivity index is 1.83. The van der Waals surface area contributed by atoms with Crippen molar-refractivity contribution >= 4 is 11.2 Å². The number of nitrogens with zero attached hydrogens (tertiary/aromatic N) is 5. The molecular weight excluding hydrogens is 276 g/mol. The summed E-state index contributed by atoms with van der Waals surface area (Å²) in [6.45, 7) is 4.22. The van der Waals surface area contributed by atoms with Crippen molar-refractivity contribution in [3.63, 3.8) is 0 Å². The first kappa shape index (κ1) is 13.3. The van der Waals surface area contributed by atoms with Crippen molar-refractivity contribution in [2.45, 2.75) is 6.42 Å². The van der Waals surface area contributed by atoms with Gasteiger partial charge in [0.2, 0.25) is 0 Å².